The van der Waals surface area contributed by atoms with Crippen LogP contribution >= 0.6 is 24.0 Å². The number of halogens is 1. The minimum absolute atomic E-state index is 0. The maximum Gasteiger partial charge on any atom is 0.191 e. The number of hydrogen-bond acceptors (Lipinski definition) is 2. The topological polar surface area (TPSA) is 54.2 Å². The van der Waals surface area contributed by atoms with Gasteiger partial charge < -0.3 is 15.2 Å². The van der Waals surface area contributed by atoms with Gasteiger partial charge in [-0.15, -0.1) is 24.0 Å². The van der Waals surface area contributed by atoms with Gasteiger partial charge in [-0.3, -0.25) is 4.99 Å². The second kappa shape index (κ2) is 9.44. The molecule has 5 nitrogen and oxygen atoms in total. The fourth-order valence-corrected chi connectivity index (χ4v) is 1.21. The quantitative estimate of drug-likeness (QED) is 0.480. The average molecular weight is 337 g/mol. The molecule has 1 rings (SSSR count). The Morgan fingerprint density at radius 2 is 2.00 bits per heavy atom. The molecule has 16 heavy (non-hydrogen) atoms. The lowest BCUT2D eigenvalue weighted by Gasteiger charge is -2.08. The van der Waals surface area contributed by atoms with Gasteiger partial charge in [0.15, 0.2) is 5.96 Å². The van der Waals surface area contributed by atoms with Crippen molar-refractivity contribution in [3.8, 4) is 0 Å². The van der Waals surface area contributed by atoms with E-state index in [9.17, 15) is 0 Å². The summed E-state index contributed by atoms with van der Waals surface area (Å²) in [6, 6.07) is 0. The van der Waals surface area contributed by atoms with E-state index in [4.69, 9.17) is 0 Å². The second-order valence-corrected chi connectivity index (χ2v) is 3.09. The van der Waals surface area contributed by atoms with Crippen LogP contribution in [0, 0.1) is 0 Å². The minimum Gasteiger partial charge on any atom is -0.357 e. The van der Waals surface area contributed by atoms with Crippen molar-refractivity contribution >= 4 is 29.9 Å². The van der Waals surface area contributed by atoms with E-state index in [1.54, 1.807) is 12.5 Å². The zero-order valence-corrected chi connectivity index (χ0v) is 12.1. The molecule has 0 saturated carbocycles. The summed E-state index contributed by atoms with van der Waals surface area (Å²) < 4.78 is 2.01. The molecule has 2 N–H and O–H groups in total. The van der Waals surface area contributed by atoms with Gasteiger partial charge in [-0.25, -0.2) is 4.98 Å². The number of hydrogen-bond donors (Lipinski definition) is 2. The molecule has 0 unspecified atom stereocenters. The van der Waals surface area contributed by atoms with Crippen molar-refractivity contribution in [1.29, 1.82) is 0 Å². The van der Waals surface area contributed by atoms with Crippen LogP contribution in [0.5, 0.6) is 0 Å². The van der Waals surface area contributed by atoms with Crippen molar-refractivity contribution < 1.29 is 0 Å². The number of rotatable bonds is 5. The molecule has 1 aromatic rings. The van der Waals surface area contributed by atoms with Gasteiger partial charge in [-0.1, -0.05) is 0 Å². The van der Waals surface area contributed by atoms with Gasteiger partial charge in [-0.05, 0) is 13.8 Å². The number of aromatic nitrogens is 2. The maximum atomic E-state index is 4.42. The van der Waals surface area contributed by atoms with Crippen LogP contribution in [0.3, 0.4) is 0 Å². The van der Waals surface area contributed by atoms with Gasteiger partial charge in [0.1, 0.15) is 0 Å². The molecule has 6 heteroatoms. The third kappa shape index (κ3) is 5.94. The number of nitrogens with one attached hydrogen (secondary N) is 2. The van der Waals surface area contributed by atoms with Crippen LogP contribution in [0.4, 0.5) is 0 Å². The summed E-state index contributed by atoms with van der Waals surface area (Å²) in [7, 11) is 0. The van der Waals surface area contributed by atoms with E-state index in [-0.39, 0.29) is 24.0 Å². The zero-order chi connectivity index (χ0) is 10.9. The molecule has 0 aliphatic carbocycles. The minimum atomic E-state index is 0. The van der Waals surface area contributed by atoms with Crippen LogP contribution in [-0.2, 0) is 6.54 Å². The second-order valence-electron chi connectivity index (χ2n) is 3.09. The molecule has 0 aromatic carbocycles. The Morgan fingerprint density at radius 3 is 2.50 bits per heavy atom. The Balaban J connectivity index is 0.00000225. The summed E-state index contributed by atoms with van der Waals surface area (Å²) in [4.78, 5) is 8.40. The van der Waals surface area contributed by atoms with Crippen molar-refractivity contribution in [3.05, 3.63) is 18.7 Å². The highest BCUT2D eigenvalue weighted by Gasteiger charge is 1.93. The van der Waals surface area contributed by atoms with E-state index >= 15 is 0 Å². The molecule has 0 saturated heterocycles. The number of imidazole rings is 1. The molecule has 0 spiro atoms. The summed E-state index contributed by atoms with van der Waals surface area (Å²) in [5, 5.41) is 6.36. The largest absolute Gasteiger partial charge is 0.357 e. The lowest BCUT2D eigenvalue weighted by molar-refractivity contribution is 0.700. The van der Waals surface area contributed by atoms with Gasteiger partial charge in [0.2, 0.25) is 0 Å². The molecule has 0 aliphatic heterocycles. The molecule has 0 bridgehead atoms. The van der Waals surface area contributed by atoms with Crippen LogP contribution in [0.15, 0.2) is 23.7 Å². The van der Waals surface area contributed by atoms with E-state index in [2.05, 4.69) is 34.5 Å². The highest BCUT2D eigenvalue weighted by molar-refractivity contribution is 14.0. The first-order valence-electron chi connectivity index (χ1n) is 5.34. The first-order chi connectivity index (χ1) is 7.36. The Kier molecular flexibility index (Phi) is 8.97. The SMILES string of the molecule is CCNC(=NCCn1ccnc1)NCC.I. The van der Waals surface area contributed by atoms with Crippen molar-refractivity contribution in [2.75, 3.05) is 19.6 Å². The van der Waals surface area contributed by atoms with Crippen LogP contribution in [0.1, 0.15) is 13.8 Å². The van der Waals surface area contributed by atoms with Crippen LogP contribution in [-0.4, -0.2) is 35.1 Å². The highest BCUT2D eigenvalue weighted by Crippen LogP contribution is 1.85. The summed E-state index contributed by atoms with van der Waals surface area (Å²) in [6.07, 6.45) is 5.52. The maximum absolute atomic E-state index is 4.42. The van der Waals surface area contributed by atoms with Crippen LogP contribution < -0.4 is 10.6 Å². The Bertz CT molecular complexity index is 275. The standard InChI is InChI=1S/C10H19N5.HI/c1-3-12-10(13-4-2)14-6-8-15-7-5-11-9-15;/h5,7,9H,3-4,6,8H2,1-2H3,(H2,12,13,14);1H. The predicted molar refractivity (Wildman–Crippen MR) is 77.3 cm³/mol. The van der Waals surface area contributed by atoms with Crippen molar-refractivity contribution in [2.45, 2.75) is 20.4 Å². The van der Waals surface area contributed by atoms with Gasteiger partial charge in [-0.2, -0.15) is 0 Å². The molecule has 0 radical (unpaired) electrons. The average Bonchev–Trinajstić information content (AvgIpc) is 2.71. The van der Waals surface area contributed by atoms with E-state index < -0.39 is 0 Å². The molecule has 92 valence electrons. The zero-order valence-electron chi connectivity index (χ0n) is 9.81. The first kappa shape index (κ1) is 15.2. The summed E-state index contributed by atoms with van der Waals surface area (Å²) in [5.41, 5.74) is 0. The van der Waals surface area contributed by atoms with Gasteiger partial charge >= 0.3 is 0 Å². The molecule has 0 fully saturated rings. The molecule has 0 atom stereocenters. The predicted octanol–water partition coefficient (Wildman–Crippen LogP) is 1.08. The molecular weight excluding hydrogens is 317 g/mol. The third-order valence-corrected chi connectivity index (χ3v) is 1.88. The lowest BCUT2D eigenvalue weighted by Crippen LogP contribution is -2.37. The molecule has 0 amide bonds. The van der Waals surface area contributed by atoms with Crippen molar-refractivity contribution in [1.82, 2.24) is 20.2 Å². The Hall–Kier alpha value is -0.790. The van der Waals surface area contributed by atoms with E-state index in [1.807, 2.05) is 10.8 Å². The molecule has 1 heterocycles. The van der Waals surface area contributed by atoms with Crippen molar-refractivity contribution in [2.24, 2.45) is 4.99 Å². The fraction of sp³-hybridized carbons (Fsp3) is 0.600. The fourth-order valence-electron chi connectivity index (χ4n) is 1.21. The van der Waals surface area contributed by atoms with E-state index in [0.717, 1.165) is 32.1 Å². The number of guanidine groups is 1. The smallest absolute Gasteiger partial charge is 0.191 e. The van der Waals surface area contributed by atoms with Crippen LogP contribution in [0.2, 0.25) is 0 Å². The molecular formula is C10H20IN5. The van der Waals surface area contributed by atoms with E-state index in [0.29, 0.717) is 0 Å². The third-order valence-electron chi connectivity index (χ3n) is 1.88. The number of nitrogens with zero attached hydrogens (tertiary/aromatic N) is 3. The molecule has 1 aromatic heterocycles. The summed E-state index contributed by atoms with van der Waals surface area (Å²) in [5.74, 6) is 0.875. The summed E-state index contributed by atoms with van der Waals surface area (Å²) >= 11 is 0. The normalized spacial score (nSPS) is 9.12. The first-order valence-corrected chi connectivity index (χ1v) is 5.34. The lowest BCUT2D eigenvalue weighted by atomic mass is 10.6. The Morgan fingerprint density at radius 1 is 1.31 bits per heavy atom. The Labute approximate surface area is 114 Å². The summed E-state index contributed by atoms with van der Waals surface area (Å²) in [6.45, 7) is 7.51. The van der Waals surface area contributed by atoms with Gasteiger partial charge in [0.05, 0.1) is 12.9 Å². The number of aliphatic imine (C=N–C) groups is 1. The van der Waals surface area contributed by atoms with Gasteiger partial charge in [0.25, 0.3) is 0 Å². The van der Waals surface area contributed by atoms with Crippen LogP contribution in [0.25, 0.3) is 0 Å². The van der Waals surface area contributed by atoms with Crippen molar-refractivity contribution in [3.63, 3.8) is 0 Å². The molecule has 0 aliphatic rings. The van der Waals surface area contributed by atoms with E-state index in [1.165, 1.54) is 0 Å². The monoisotopic (exact) mass is 337 g/mol. The van der Waals surface area contributed by atoms with Gasteiger partial charge in [0, 0.05) is 32.0 Å². The highest BCUT2D eigenvalue weighted by atomic mass is 127.